The van der Waals surface area contributed by atoms with Crippen molar-refractivity contribution in [3.63, 3.8) is 0 Å². The molecule has 0 heterocycles. The van der Waals surface area contributed by atoms with Crippen molar-refractivity contribution in [3.8, 4) is 17.6 Å². The molecule has 0 aliphatic rings. The van der Waals surface area contributed by atoms with Gasteiger partial charge in [0.15, 0.2) is 11.6 Å². The van der Waals surface area contributed by atoms with Gasteiger partial charge in [-0.15, -0.1) is 0 Å². The van der Waals surface area contributed by atoms with Crippen molar-refractivity contribution >= 4 is 11.6 Å². The molecule has 0 atom stereocenters. The molecule has 5 heteroatoms. The Morgan fingerprint density at radius 1 is 1.19 bits per heavy atom. The molecule has 0 bridgehead atoms. The minimum Gasteiger partial charge on any atom is -0.484 e. The van der Waals surface area contributed by atoms with E-state index in [1.54, 1.807) is 0 Å². The molecule has 0 amide bonds. The Balaban J connectivity index is 2.24. The number of benzene rings is 2. The first-order valence-electron chi connectivity index (χ1n) is 6.07. The van der Waals surface area contributed by atoms with Crippen molar-refractivity contribution in [2.75, 3.05) is 6.61 Å². The third-order valence-electron chi connectivity index (χ3n) is 2.66. The fraction of sp³-hybridized carbons (Fsp3) is 0.125. The molecule has 0 fully saturated rings. The highest BCUT2D eigenvalue weighted by molar-refractivity contribution is 6.32. The second-order valence-corrected chi connectivity index (χ2v) is 4.51. The molecule has 0 saturated heterocycles. The molecule has 21 heavy (non-hydrogen) atoms. The molecule has 0 saturated carbocycles. The predicted octanol–water partition coefficient (Wildman–Crippen LogP) is 3.54. The predicted molar refractivity (Wildman–Crippen MR) is 76.1 cm³/mol. The molecule has 0 radical (unpaired) electrons. The SMILES string of the molecule is OCC#Cc1cc(F)ccc1COc1c(F)cccc1Cl. The Hall–Kier alpha value is -2.09. The molecule has 108 valence electrons. The lowest BCUT2D eigenvalue weighted by Crippen LogP contribution is -2.01. The van der Waals surface area contributed by atoms with Gasteiger partial charge in [0.25, 0.3) is 0 Å². The molecule has 0 aliphatic heterocycles. The average Bonchev–Trinajstić information content (AvgIpc) is 2.46. The van der Waals surface area contributed by atoms with Gasteiger partial charge in [0.2, 0.25) is 0 Å². The summed E-state index contributed by atoms with van der Waals surface area (Å²) in [4.78, 5) is 0. The number of ether oxygens (including phenoxy) is 1. The third kappa shape index (κ3) is 3.94. The number of hydrogen-bond donors (Lipinski definition) is 1. The van der Waals surface area contributed by atoms with E-state index in [0.29, 0.717) is 11.1 Å². The largest absolute Gasteiger partial charge is 0.484 e. The fourth-order valence-electron chi connectivity index (χ4n) is 1.70. The Kier molecular flexibility index (Phi) is 5.15. The van der Waals surface area contributed by atoms with Crippen LogP contribution in [0.2, 0.25) is 5.02 Å². The van der Waals surface area contributed by atoms with Crippen molar-refractivity contribution in [3.05, 3.63) is 64.2 Å². The van der Waals surface area contributed by atoms with E-state index in [0.717, 1.165) is 0 Å². The molecule has 2 aromatic rings. The summed E-state index contributed by atoms with van der Waals surface area (Å²) in [5, 5.41) is 8.86. The molecule has 2 aromatic carbocycles. The maximum atomic E-state index is 13.6. The Morgan fingerprint density at radius 2 is 2.00 bits per heavy atom. The summed E-state index contributed by atoms with van der Waals surface area (Å²) in [5.74, 6) is 3.96. The summed E-state index contributed by atoms with van der Waals surface area (Å²) < 4.78 is 32.2. The van der Waals surface area contributed by atoms with Crippen LogP contribution in [0.4, 0.5) is 8.78 Å². The van der Waals surface area contributed by atoms with Crippen LogP contribution < -0.4 is 4.74 Å². The first-order valence-corrected chi connectivity index (χ1v) is 6.44. The highest BCUT2D eigenvalue weighted by Crippen LogP contribution is 2.28. The van der Waals surface area contributed by atoms with E-state index in [2.05, 4.69) is 11.8 Å². The monoisotopic (exact) mass is 308 g/mol. The van der Waals surface area contributed by atoms with Crippen LogP contribution in [0.3, 0.4) is 0 Å². The van der Waals surface area contributed by atoms with Gasteiger partial charge >= 0.3 is 0 Å². The summed E-state index contributed by atoms with van der Waals surface area (Å²) in [6.07, 6.45) is 0. The summed E-state index contributed by atoms with van der Waals surface area (Å²) >= 11 is 5.86. The first-order chi connectivity index (χ1) is 10.1. The molecule has 1 N–H and O–H groups in total. The smallest absolute Gasteiger partial charge is 0.174 e. The number of aliphatic hydroxyl groups is 1. The van der Waals surface area contributed by atoms with Gasteiger partial charge < -0.3 is 9.84 Å². The van der Waals surface area contributed by atoms with Gasteiger partial charge in [-0.05, 0) is 24.3 Å². The van der Waals surface area contributed by atoms with E-state index < -0.39 is 11.6 Å². The van der Waals surface area contributed by atoms with Crippen molar-refractivity contribution in [2.24, 2.45) is 0 Å². The first kappa shape index (κ1) is 15.3. The molecule has 0 aromatic heterocycles. The summed E-state index contributed by atoms with van der Waals surface area (Å²) in [5.41, 5.74) is 0.938. The Morgan fingerprint density at radius 3 is 2.71 bits per heavy atom. The molecular formula is C16H11ClF2O2. The standard InChI is InChI=1S/C16H11ClF2O2/c17-14-4-1-5-15(19)16(14)21-10-12-6-7-13(18)9-11(12)3-2-8-20/h1,4-7,9,20H,8,10H2. The van der Waals surface area contributed by atoms with Crippen molar-refractivity contribution in [2.45, 2.75) is 6.61 Å². The Bertz CT molecular complexity index is 685. The quantitative estimate of drug-likeness (QED) is 0.879. The molecular weight excluding hydrogens is 298 g/mol. The van der Waals surface area contributed by atoms with Gasteiger partial charge in [0, 0.05) is 11.1 Å². The maximum Gasteiger partial charge on any atom is 0.174 e. The lowest BCUT2D eigenvalue weighted by molar-refractivity contribution is 0.290. The molecule has 0 aliphatic carbocycles. The normalized spacial score (nSPS) is 9.90. The van der Waals surface area contributed by atoms with Crippen LogP contribution in [0, 0.1) is 23.5 Å². The van der Waals surface area contributed by atoms with E-state index in [4.69, 9.17) is 21.4 Å². The van der Waals surface area contributed by atoms with Crippen molar-refractivity contribution < 1.29 is 18.6 Å². The number of halogens is 3. The number of para-hydroxylation sites is 1. The van der Waals surface area contributed by atoms with E-state index in [1.807, 2.05) is 0 Å². The molecule has 2 nitrogen and oxygen atoms in total. The van der Waals surface area contributed by atoms with Crippen LogP contribution >= 0.6 is 11.6 Å². The molecule has 0 spiro atoms. The van der Waals surface area contributed by atoms with Gasteiger partial charge in [-0.1, -0.05) is 35.6 Å². The van der Waals surface area contributed by atoms with Gasteiger partial charge in [-0.25, -0.2) is 8.78 Å². The van der Waals surface area contributed by atoms with Gasteiger partial charge in [-0.3, -0.25) is 0 Å². The average molecular weight is 309 g/mol. The van der Waals surface area contributed by atoms with E-state index in [-0.39, 0.29) is 24.0 Å². The second kappa shape index (κ2) is 7.07. The molecule has 0 unspecified atom stereocenters. The number of rotatable bonds is 3. The maximum absolute atomic E-state index is 13.6. The topological polar surface area (TPSA) is 29.5 Å². The number of aliphatic hydroxyl groups excluding tert-OH is 1. The lowest BCUT2D eigenvalue weighted by Gasteiger charge is -2.10. The van der Waals surface area contributed by atoms with Crippen LogP contribution in [0.15, 0.2) is 36.4 Å². The Labute approximate surface area is 125 Å². The van der Waals surface area contributed by atoms with E-state index >= 15 is 0 Å². The minimum atomic E-state index is -0.576. The van der Waals surface area contributed by atoms with Crippen LogP contribution in [0.1, 0.15) is 11.1 Å². The fourth-order valence-corrected chi connectivity index (χ4v) is 1.91. The van der Waals surface area contributed by atoms with E-state index in [9.17, 15) is 8.78 Å². The van der Waals surface area contributed by atoms with Crippen molar-refractivity contribution in [1.82, 2.24) is 0 Å². The third-order valence-corrected chi connectivity index (χ3v) is 2.96. The summed E-state index contributed by atoms with van der Waals surface area (Å²) in [7, 11) is 0. The van der Waals surface area contributed by atoms with Crippen molar-refractivity contribution in [1.29, 1.82) is 0 Å². The highest BCUT2D eigenvalue weighted by atomic mass is 35.5. The zero-order valence-electron chi connectivity index (χ0n) is 10.9. The zero-order chi connectivity index (χ0) is 15.2. The molecule has 2 rings (SSSR count). The summed E-state index contributed by atoms with van der Waals surface area (Å²) in [6.45, 7) is -0.355. The van der Waals surface area contributed by atoms with Gasteiger partial charge in [0.05, 0.1) is 5.02 Å². The van der Waals surface area contributed by atoms with E-state index in [1.165, 1.54) is 36.4 Å². The second-order valence-electron chi connectivity index (χ2n) is 4.10. The van der Waals surface area contributed by atoms with Crippen LogP contribution in [0.5, 0.6) is 5.75 Å². The van der Waals surface area contributed by atoms with Gasteiger partial charge in [-0.2, -0.15) is 0 Å². The minimum absolute atomic E-state index is 0.0175. The zero-order valence-corrected chi connectivity index (χ0v) is 11.6. The van der Waals surface area contributed by atoms with Crippen LogP contribution in [-0.4, -0.2) is 11.7 Å². The summed E-state index contributed by atoms with van der Waals surface area (Å²) in [6, 6.07) is 8.19. The lowest BCUT2D eigenvalue weighted by atomic mass is 10.1. The highest BCUT2D eigenvalue weighted by Gasteiger charge is 2.10. The number of hydrogen-bond acceptors (Lipinski definition) is 2. The van der Waals surface area contributed by atoms with Gasteiger partial charge in [0.1, 0.15) is 19.0 Å². The van der Waals surface area contributed by atoms with Crippen LogP contribution in [-0.2, 0) is 6.61 Å². The van der Waals surface area contributed by atoms with Crippen LogP contribution in [0.25, 0.3) is 0 Å².